The van der Waals surface area contributed by atoms with Crippen molar-refractivity contribution in [2.24, 2.45) is 5.73 Å². The van der Waals surface area contributed by atoms with Crippen LogP contribution in [-0.4, -0.2) is 23.2 Å². The van der Waals surface area contributed by atoms with E-state index in [0.29, 0.717) is 17.4 Å². The molecule has 0 atom stereocenters. The van der Waals surface area contributed by atoms with E-state index in [1.165, 1.54) is 7.11 Å². The number of benzene rings is 2. The minimum atomic E-state index is -0.594. The van der Waals surface area contributed by atoms with Gasteiger partial charge in [-0.25, -0.2) is 0 Å². The van der Waals surface area contributed by atoms with Crippen LogP contribution in [0, 0.1) is 0 Å². The Morgan fingerprint density at radius 1 is 1.17 bits per heavy atom. The molecule has 1 heterocycles. The quantitative estimate of drug-likeness (QED) is 0.747. The summed E-state index contributed by atoms with van der Waals surface area (Å²) in [5.41, 5.74) is 6.41. The molecule has 0 aliphatic carbocycles. The number of primary amides is 1. The Balaban J connectivity index is 1.77. The zero-order chi connectivity index (χ0) is 16.9. The van der Waals surface area contributed by atoms with Crippen LogP contribution >= 0.6 is 0 Å². The number of carbonyl (C=O) groups is 1. The summed E-state index contributed by atoms with van der Waals surface area (Å²) in [7, 11) is 1.52. The standard InChI is InChI=1S/C17H15N3O4/c1-22-12-7-8-13(16(18)21)14(9-12)23-10-15-19-20-17(24-15)11-5-3-2-4-6-11/h2-9H,10H2,1H3,(H2,18,21). The van der Waals surface area contributed by atoms with E-state index in [9.17, 15) is 4.79 Å². The van der Waals surface area contributed by atoms with Crippen LogP contribution in [0.3, 0.4) is 0 Å². The predicted molar refractivity (Wildman–Crippen MR) is 85.6 cm³/mol. The normalized spacial score (nSPS) is 10.4. The van der Waals surface area contributed by atoms with E-state index in [4.69, 9.17) is 19.6 Å². The van der Waals surface area contributed by atoms with Crippen molar-refractivity contribution < 1.29 is 18.7 Å². The van der Waals surface area contributed by atoms with Gasteiger partial charge in [-0.2, -0.15) is 0 Å². The van der Waals surface area contributed by atoms with E-state index in [2.05, 4.69) is 10.2 Å². The molecule has 1 aromatic heterocycles. The SMILES string of the molecule is COc1ccc(C(N)=O)c(OCc2nnc(-c3ccccc3)o2)c1. The summed E-state index contributed by atoms with van der Waals surface area (Å²) in [6.07, 6.45) is 0. The van der Waals surface area contributed by atoms with E-state index in [1.807, 2.05) is 30.3 Å². The zero-order valence-electron chi connectivity index (χ0n) is 12.9. The van der Waals surface area contributed by atoms with E-state index in [1.54, 1.807) is 18.2 Å². The second kappa shape index (κ2) is 6.82. The molecule has 0 radical (unpaired) electrons. The molecule has 0 aliphatic heterocycles. The van der Waals surface area contributed by atoms with Gasteiger partial charge in [0.05, 0.1) is 12.7 Å². The highest BCUT2D eigenvalue weighted by Gasteiger charge is 2.13. The first-order chi connectivity index (χ1) is 11.7. The van der Waals surface area contributed by atoms with Gasteiger partial charge in [0.15, 0.2) is 6.61 Å². The Kier molecular flexibility index (Phi) is 4.42. The summed E-state index contributed by atoms with van der Waals surface area (Å²) in [6.45, 7) is 0.00722. The maximum Gasteiger partial charge on any atom is 0.254 e. The van der Waals surface area contributed by atoms with Gasteiger partial charge in [-0.1, -0.05) is 18.2 Å². The van der Waals surface area contributed by atoms with Crippen LogP contribution in [0.5, 0.6) is 11.5 Å². The number of methoxy groups -OCH3 is 1. The third-order valence-corrected chi connectivity index (χ3v) is 3.29. The molecule has 2 N–H and O–H groups in total. The Morgan fingerprint density at radius 3 is 2.67 bits per heavy atom. The monoisotopic (exact) mass is 325 g/mol. The largest absolute Gasteiger partial charge is 0.497 e. The topological polar surface area (TPSA) is 100 Å². The number of carbonyl (C=O) groups excluding carboxylic acids is 1. The van der Waals surface area contributed by atoms with Crippen molar-refractivity contribution in [1.29, 1.82) is 0 Å². The lowest BCUT2D eigenvalue weighted by Crippen LogP contribution is -2.13. The molecule has 1 amide bonds. The molecule has 3 aromatic rings. The van der Waals surface area contributed by atoms with Crippen LogP contribution in [0.2, 0.25) is 0 Å². The number of ether oxygens (including phenoxy) is 2. The summed E-state index contributed by atoms with van der Waals surface area (Å²) >= 11 is 0. The van der Waals surface area contributed by atoms with E-state index in [0.717, 1.165) is 5.56 Å². The van der Waals surface area contributed by atoms with Crippen molar-refractivity contribution in [3.63, 3.8) is 0 Å². The molecule has 0 aliphatic rings. The van der Waals surface area contributed by atoms with Gasteiger partial charge in [0.25, 0.3) is 11.8 Å². The molecule has 122 valence electrons. The van der Waals surface area contributed by atoms with E-state index in [-0.39, 0.29) is 18.1 Å². The number of nitrogens with two attached hydrogens (primary N) is 1. The summed E-state index contributed by atoms with van der Waals surface area (Å²) in [5.74, 6) is 0.928. The number of rotatable bonds is 6. The number of hydrogen-bond donors (Lipinski definition) is 1. The van der Waals surface area contributed by atoms with Crippen LogP contribution in [0.15, 0.2) is 52.9 Å². The Labute approximate surface area is 138 Å². The minimum Gasteiger partial charge on any atom is -0.497 e. The molecule has 0 saturated carbocycles. The van der Waals surface area contributed by atoms with Crippen LogP contribution in [0.1, 0.15) is 16.2 Å². The first-order valence-corrected chi connectivity index (χ1v) is 7.16. The molecular formula is C17H15N3O4. The maximum atomic E-state index is 11.5. The molecule has 7 nitrogen and oxygen atoms in total. The second-order valence-corrected chi connectivity index (χ2v) is 4.88. The highest BCUT2D eigenvalue weighted by Crippen LogP contribution is 2.25. The molecule has 7 heteroatoms. The van der Waals surface area contributed by atoms with Gasteiger partial charge in [-0.15, -0.1) is 10.2 Å². The third-order valence-electron chi connectivity index (χ3n) is 3.29. The number of hydrogen-bond acceptors (Lipinski definition) is 6. The number of aromatic nitrogens is 2. The van der Waals surface area contributed by atoms with E-state index >= 15 is 0 Å². The maximum absolute atomic E-state index is 11.5. The summed E-state index contributed by atoms with van der Waals surface area (Å²) in [5, 5.41) is 7.91. The zero-order valence-corrected chi connectivity index (χ0v) is 12.9. The molecule has 0 bridgehead atoms. The highest BCUT2D eigenvalue weighted by molar-refractivity contribution is 5.95. The van der Waals surface area contributed by atoms with Gasteiger partial charge >= 0.3 is 0 Å². The van der Waals surface area contributed by atoms with Gasteiger partial charge in [0.1, 0.15) is 11.5 Å². The van der Waals surface area contributed by atoms with Gasteiger partial charge in [-0.3, -0.25) is 4.79 Å². The van der Waals surface area contributed by atoms with Gasteiger partial charge in [-0.05, 0) is 24.3 Å². The van der Waals surface area contributed by atoms with Crippen molar-refractivity contribution in [2.45, 2.75) is 6.61 Å². The van der Waals surface area contributed by atoms with Crippen molar-refractivity contribution >= 4 is 5.91 Å². The smallest absolute Gasteiger partial charge is 0.254 e. The van der Waals surface area contributed by atoms with Gasteiger partial charge in [0, 0.05) is 11.6 Å². The fourth-order valence-corrected chi connectivity index (χ4v) is 2.10. The Hall–Kier alpha value is -3.35. The Bertz CT molecular complexity index is 846. The minimum absolute atomic E-state index is 0.00722. The summed E-state index contributed by atoms with van der Waals surface area (Å²) < 4.78 is 16.3. The average molecular weight is 325 g/mol. The van der Waals surface area contributed by atoms with Crippen LogP contribution < -0.4 is 15.2 Å². The molecule has 0 fully saturated rings. The van der Waals surface area contributed by atoms with Gasteiger partial charge in [0.2, 0.25) is 5.89 Å². The summed E-state index contributed by atoms with van der Waals surface area (Å²) in [6, 6.07) is 14.1. The lowest BCUT2D eigenvalue weighted by atomic mass is 10.2. The second-order valence-electron chi connectivity index (χ2n) is 4.88. The molecule has 3 rings (SSSR count). The lowest BCUT2D eigenvalue weighted by Gasteiger charge is -2.09. The van der Waals surface area contributed by atoms with Crippen LogP contribution in [0.4, 0.5) is 0 Å². The van der Waals surface area contributed by atoms with Gasteiger partial charge < -0.3 is 19.6 Å². The molecule has 24 heavy (non-hydrogen) atoms. The van der Waals surface area contributed by atoms with E-state index < -0.39 is 5.91 Å². The highest BCUT2D eigenvalue weighted by atomic mass is 16.5. The predicted octanol–water partition coefficient (Wildman–Crippen LogP) is 2.42. The van der Waals surface area contributed by atoms with Crippen LogP contribution in [-0.2, 0) is 6.61 Å². The van der Waals surface area contributed by atoms with Crippen molar-refractivity contribution in [3.8, 4) is 23.0 Å². The van der Waals surface area contributed by atoms with Crippen LogP contribution in [0.25, 0.3) is 11.5 Å². The molecular weight excluding hydrogens is 310 g/mol. The fraction of sp³-hybridized carbons (Fsp3) is 0.118. The number of amides is 1. The molecule has 0 unspecified atom stereocenters. The van der Waals surface area contributed by atoms with Crippen molar-refractivity contribution in [2.75, 3.05) is 7.11 Å². The fourth-order valence-electron chi connectivity index (χ4n) is 2.10. The first kappa shape index (κ1) is 15.5. The molecule has 2 aromatic carbocycles. The van der Waals surface area contributed by atoms with Crippen molar-refractivity contribution in [3.05, 3.63) is 60.0 Å². The third kappa shape index (κ3) is 3.35. The Morgan fingerprint density at radius 2 is 1.96 bits per heavy atom. The molecule has 0 saturated heterocycles. The first-order valence-electron chi connectivity index (χ1n) is 7.16. The number of nitrogens with zero attached hydrogens (tertiary/aromatic N) is 2. The molecule has 0 spiro atoms. The lowest BCUT2D eigenvalue weighted by molar-refractivity contribution is 0.0995. The summed E-state index contributed by atoms with van der Waals surface area (Å²) in [4.78, 5) is 11.5. The van der Waals surface area contributed by atoms with Crippen molar-refractivity contribution in [1.82, 2.24) is 10.2 Å². The average Bonchev–Trinajstić information content (AvgIpc) is 3.09.